The fourth-order valence-corrected chi connectivity index (χ4v) is 3.68. The molecule has 1 aliphatic rings. The van der Waals surface area contributed by atoms with Crippen molar-refractivity contribution in [3.8, 4) is 0 Å². The minimum absolute atomic E-state index is 0.119. The van der Waals surface area contributed by atoms with E-state index >= 15 is 0 Å². The lowest BCUT2D eigenvalue weighted by molar-refractivity contribution is -0.127. The zero-order chi connectivity index (χ0) is 25.2. The second-order valence-electron chi connectivity index (χ2n) is 9.42. The molecule has 0 bridgehead atoms. The number of rotatable bonds is 5. The number of aryl methyl sites for hydroxylation is 1. The third-order valence-electron chi connectivity index (χ3n) is 5.63. The predicted octanol–water partition coefficient (Wildman–Crippen LogP) is 3.67. The molecular weight excluding hydrogens is 444 g/mol. The summed E-state index contributed by atoms with van der Waals surface area (Å²) in [6.07, 6.45) is 0.382. The first-order valence-corrected chi connectivity index (χ1v) is 11.3. The van der Waals surface area contributed by atoms with Gasteiger partial charge < -0.3 is 15.5 Å². The Labute approximate surface area is 203 Å². The minimum Gasteiger partial charge on any atom is -0.308 e. The lowest BCUT2D eigenvalue weighted by atomic mass is 9.90. The lowest BCUT2D eigenvalue weighted by Crippen LogP contribution is -2.50. The Hall–Kier alpha value is -4.27. The molecule has 0 saturated carbocycles. The van der Waals surface area contributed by atoms with Gasteiger partial charge in [0.2, 0.25) is 6.17 Å². The van der Waals surface area contributed by atoms with Crippen molar-refractivity contribution in [2.75, 3.05) is 16.8 Å². The quantitative estimate of drug-likeness (QED) is 0.525. The molecule has 1 unspecified atom stereocenters. The molecule has 4 rings (SSSR count). The van der Waals surface area contributed by atoms with Crippen LogP contribution in [0.25, 0.3) is 0 Å². The number of urea groups is 1. The zero-order valence-corrected chi connectivity index (χ0v) is 20.1. The van der Waals surface area contributed by atoms with E-state index in [0.29, 0.717) is 28.3 Å². The van der Waals surface area contributed by atoms with Crippen LogP contribution in [0.3, 0.4) is 0 Å². The molecule has 35 heavy (non-hydrogen) atoms. The van der Waals surface area contributed by atoms with Crippen molar-refractivity contribution < 1.29 is 14.4 Å². The van der Waals surface area contributed by atoms with Crippen LogP contribution in [0.2, 0.25) is 0 Å². The van der Waals surface area contributed by atoms with Gasteiger partial charge in [-0.15, -0.1) is 0 Å². The molecule has 0 saturated heterocycles. The Balaban J connectivity index is 1.73. The molecule has 9 heteroatoms. The van der Waals surface area contributed by atoms with Crippen LogP contribution in [0.15, 0.2) is 65.8 Å². The molecule has 1 aliphatic heterocycles. The van der Waals surface area contributed by atoms with Gasteiger partial charge in [-0.3, -0.25) is 14.7 Å². The Morgan fingerprint density at radius 2 is 1.86 bits per heavy atom. The lowest BCUT2D eigenvalue weighted by Gasteiger charge is -2.28. The molecule has 9 nitrogen and oxygen atoms in total. The molecule has 3 N–H and O–H groups in total. The summed E-state index contributed by atoms with van der Waals surface area (Å²) in [4.78, 5) is 45.6. The number of nitrogens with one attached hydrogen (secondary N) is 3. The summed E-state index contributed by atoms with van der Waals surface area (Å²) in [5, 5.41) is 12.4. The fraction of sp³-hybridized carbons (Fsp3) is 0.269. The number of aromatic amines is 1. The molecule has 0 radical (unpaired) electrons. The van der Waals surface area contributed by atoms with E-state index in [0.717, 1.165) is 5.56 Å². The number of benzodiazepines with no additional fused rings is 1. The van der Waals surface area contributed by atoms with Gasteiger partial charge in [-0.1, -0.05) is 51.1 Å². The van der Waals surface area contributed by atoms with Gasteiger partial charge in [0.05, 0.1) is 17.9 Å². The highest BCUT2D eigenvalue weighted by molar-refractivity contribution is 6.20. The number of amides is 3. The number of hydrogen-bond acceptors (Lipinski definition) is 5. The molecular formula is C26H28N6O3. The average Bonchev–Trinajstić information content (AvgIpc) is 3.30. The molecule has 1 atom stereocenters. The number of aromatic nitrogens is 2. The highest BCUT2D eigenvalue weighted by atomic mass is 16.2. The summed E-state index contributed by atoms with van der Waals surface area (Å²) in [5.74, 6) is -0.633. The van der Waals surface area contributed by atoms with Crippen molar-refractivity contribution in [1.29, 1.82) is 0 Å². The summed E-state index contributed by atoms with van der Waals surface area (Å²) in [7, 11) is 0. The van der Waals surface area contributed by atoms with Crippen LogP contribution in [-0.4, -0.2) is 46.3 Å². The van der Waals surface area contributed by atoms with Crippen LogP contribution in [-0.2, 0) is 9.59 Å². The number of hydrogen-bond donors (Lipinski definition) is 3. The molecule has 1 aromatic heterocycles. The number of para-hydroxylation sites is 1. The summed E-state index contributed by atoms with van der Waals surface area (Å²) < 4.78 is 0. The highest BCUT2D eigenvalue weighted by Gasteiger charge is 2.36. The maximum Gasteiger partial charge on any atom is 0.321 e. The van der Waals surface area contributed by atoms with Gasteiger partial charge in [0.25, 0.3) is 5.91 Å². The number of fused-ring (bicyclic) bond motifs is 1. The summed E-state index contributed by atoms with van der Waals surface area (Å²) >= 11 is 0. The first-order valence-electron chi connectivity index (χ1n) is 11.3. The normalized spacial score (nSPS) is 15.7. The largest absolute Gasteiger partial charge is 0.321 e. The Morgan fingerprint density at radius 3 is 2.54 bits per heavy atom. The van der Waals surface area contributed by atoms with Crippen molar-refractivity contribution in [1.82, 2.24) is 15.5 Å². The van der Waals surface area contributed by atoms with E-state index in [1.807, 2.05) is 37.3 Å². The van der Waals surface area contributed by atoms with Crippen LogP contribution in [0.1, 0.15) is 37.6 Å². The molecule has 3 aromatic rings. The van der Waals surface area contributed by atoms with Gasteiger partial charge in [0.1, 0.15) is 5.69 Å². The number of H-pyrrole nitrogens is 1. The first-order chi connectivity index (χ1) is 16.6. The molecule has 3 amide bonds. The Bertz CT molecular complexity index is 1290. The van der Waals surface area contributed by atoms with Gasteiger partial charge >= 0.3 is 6.03 Å². The molecule has 2 heterocycles. The molecule has 180 valence electrons. The minimum atomic E-state index is -1.27. The number of carbonyl (C=O) groups is 3. The number of ketones is 1. The van der Waals surface area contributed by atoms with E-state index in [1.54, 1.807) is 51.2 Å². The number of carbonyl (C=O) groups excluding carboxylic acids is 3. The monoisotopic (exact) mass is 472 g/mol. The molecule has 0 fully saturated rings. The smallest absolute Gasteiger partial charge is 0.308 e. The van der Waals surface area contributed by atoms with E-state index in [-0.39, 0.29) is 12.3 Å². The second kappa shape index (κ2) is 9.54. The van der Waals surface area contributed by atoms with E-state index in [9.17, 15) is 14.4 Å². The van der Waals surface area contributed by atoms with E-state index in [2.05, 4.69) is 25.8 Å². The van der Waals surface area contributed by atoms with Crippen LogP contribution >= 0.6 is 0 Å². The number of nitrogens with zero attached hydrogens (tertiary/aromatic N) is 3. The molecule has 2 aromatic carbocycles. The number of Topliss-reactive ketones (excluding diaryl/α,β-unsaturated/α-hetero) is 1. The Kier molecular flexibility index (Phi) is 6.50. The summed E-state index contributed by atoms with van der Waals surface area (Å²) in [6.45, 7) is 7.18. The van der Waals surface area contributed by atoms with Crippen molar-refractivity contribution in [3.63, 3.8) is 0 Å². The SMILES string of the molecule is Cc1cccc(NC(=O)NC2N=C(c3cc[nH]n3)c3ccccc3N(CC(=O)C(C)(C)C)C2=O)c1. The van der Waals surface area contributed by atoms with Crippen molar-refractivity contribution in [2.24, 2.45) is 10.4 Å². The number of aliphatic imine (C=N–C) groups is 1. The van der Waals surface area contributed by atoms with Crippen LogP contribution in [0.4, 0.5) is 16.2 Å². The van der Waals surface area contributed by atoms with Crippen molar-refractivity contribution >= 4 is 34.8 Å². The highest BCUT2D eigenvalue weighted by Crippen LogP contribution is 2.29. The third kappa shape index (κ3) is 5.29. The fourth-order valence-electron chi connectivity index (χ4n) is 3.68. The summed E-state index contributed by atoms with van der Waals surface area (Å²) in [5.41, 5.74) is 3.02. The number of benzene rings is 2. The maximum atomic E-state index is 13.7. The van der Waals surface area contributed by atoms with Gasteiger partial charge in [-0.25, -0.2) is 9.79 Å². The second-order valence-corrected chi connectivity index (χ2v) is 9.42. The van der Waals surface area contributed by atoms with E-state index in [4.69, 9.17) is 0 Å². The van der Waals surface area contributed by atoms with Crippen LogP contribution in [0.5, 0.6) is 0 Å². The number of anilines is 2. The molecule has 0 aliphatic carbocycles. The van der Waals surface area contributed by atoms with Gasteiger partial charge in [-0.05, 0) is 36.8 Å². The standard InChI is InChI=1S/C26H28N6O3/c1-16-8-7-9-17(14-16)28-25(35)30-23-24(34)32(15-21(33)26(2,3)4)20-11-6-5-10-18(20)22(29-23)19-12-13-27-31-19/h5-14,23H,15H2,1-4H3,(H,27,31)(H2,28,30,35). The third-order valence-corrected chi connectivity index (χ3v) is 5.63. The van der Waals surface area contributed by atoms with E-state index in [1.165, 1.54) is 4.90 Å². The Morgan fingerprint density at radius 1 is 1.09 bits per heavy atom. The maximum absolute atomic E-state index is 13.7. The molecule has 0 spiro atoms. The van der Waals surface area contributed by atoms with Gasteiger partial charge in [0.15, 0.2) is 5.78 Å². The van der Waals surface area contributed by atoms with Gasteiger partial charge in [-0.2, -0.15) is 5.10 Å². The first kappa shape index (κ1) is 23.9. The topological polar surface area (TPSA) is 120 Å². The summed E-state index contributed by atoms with van der Waals surface area (Å²) in [6, 6.07) is 15.7. The van der Waals surface area contributed by atoms with Gasteiger partial charge in [0, 0.05) is 22.9 Å². The predicted molar refractivity (Wildman–Crippen MR) is 135 cm³/mol. The van der Waals surface area contributed by atoms with Crippen molar-refractivity contribution in [3.05, 3.63) is 77.6 Å². The van der Waals surface area contributed by atoms with Crippen LogP contribution in [0, 0.1) is 12.3 Å². The van der Waals surface area contributed by atoms with E-state index < -0.39 is 23.5 Å². The average molecular weight is 473 g/mol. The zero-order valence-electron chi connectivity index (χ0n) is 20.1. The van der Waals surface area contributed by atoms with Crippen molar-refractivity contribution in [2.45, 2.75) is 33.9 Å². The van der Waals surface area contributed by atoms with Crippen LogP contribution < -0.4 is 15.5 Å².